The van der Waals surface area contributed by atoms with Gasteiger partial charge in [0.05, 0.1) is 12.6 Å². The quantitative estimate of drug-likeness (QED) is 0.770. The first-order chi connectivity index (χ1) is 7.94. The Morgan fingerprint density at radius 1 is 1.29 bits per heavy atom. The second-order valence-electron chi connectivity index (χ2n) is 5.71. The molecule has 1 amide bonds. The molecule has 4 nitrogen and oxygen atoms in total. The smallest absolute Gasteiger partial charge is 0.410 e. The van der Waals surface area contributed by atoms with Crippen LogP contribution in [-0.2, 0) is 4.74 Å². The van der Waals surface area contributed by atoms with Gasteiger partial charge in [0.15, 0.2) is 0 Å². The highest BCUT2D eigenvalue weighted by Crippen LogP contribution is 2.19. The molecule has 0 spiro atoms. The molecule has 1 heterocycles. The molecule has 1 unspecified atom stereocenters. The predicted octanol–water partition coefficient (Wildman–Crippen LogP) is 2.55. The summed E-state index contributed by atoms with van der Waals surface area (Å²) in [4.78, 5) is 13.7. The second kappa shape index (κ2) is 6.24. The van der Waals surface area contributed by atoms with Crippen LogP contribution in [0.3, 0.4) is 0 Å². The summed E-state index contributed by atoms with van der Waals surface area (Å²) >= 11 is 0. The monoisotopic (exact) mass is 243 g/mol. The lowest BCUT2D eigenvalue weighted by atomic mass is 10.0. The Kier molecular flexibility index (Phi) is 5.25. The summed E-state index contributed by atoms with van der Waals surface area (Å²) in [6.07, 6.45) is 4.99. The average Bonchev–Trinajstić information content (AvgIpc) is 2.14. The Morgan fingerprint density at radius 3 is 2.53 bits per heavy atom. The van der Waals surface area contributed by atoms with Crippen LogP contribution in [0.1, 0.15) is 52.9 Å². The Bertz CT molecular complexity index is 248. The van der Waals surface area contributed by atoms with Gasteiger partial charge in [-0.05, 0) is 33.6 Å². The van der Waals surface area contributed by atoms with E-state index in [-0.39, 0.29) is 18.7 Å². The maximum Gasteiger partial charge on any atom is 0.410 e. The molecule has 0 radical (unpaired) electrons. The number of nitrogens with zero attached hydrogens (tertiary/aromatic N) is 1. The van der Waals surface area contributed by atoms with Gasteiger partial charge in [-0.15, -0.1) is 0 Å². The van der Waals surface area contributed by atoms with Crippen LogP contribution in [0.15, 0.2) is 0 Å². The molecular formula is C13H25NO3. The van der Waals surface area contributed by atoms with Gasteiger partial charge in [0.25, 0.3) is 0 Å². The van der Waals surface area contributed by atoms with Gasteiger partial charge in [-0.1, -0.05) is 19.3 Å². The highest BCUT2D eigenvalue weighted by molar-refractivity contribution is 5.68. The Balaban J connectivity index is 2.64. The first kappa shape index (κ1) is 14.3. The van der Waals surface area contributed by atoms with Crippen LogP contribution in [0.5, 0.6) is 0 Å². The Morgan fingerprint density at radius 2 is 1.94 bits per heavy atom. The zero-order chi connectivity index (χ0) is 12.9. The lowest BCUT2D eigenvalue weighted by molar-refractivity contribution is 0.00599. The van der Waals surface area contributed by atoms with E-state index in [0.29, 0.717) is 6.54 Å². The molecule has 1 aliphatic heterocycles. The molecule has 1 atom stereocenters. The van der Waals surface area contributed by atoms with E-state index in [2.05, 4.69) is 0 Å². The van der Waals surface area contributed by atoms with Gasteiger partial charge in [0.2, 0.25) is 0 Å². The maximum absolute atomic E-state index is 12.0. The van der Waals surface area contributed by atoms with Crippen molar-refractivity contribution in [2.45, 2.75) is 64.5 Å². The lowest BCUT2D eigenvalue weighted by Crippen LogP contribution is -2.46. The van der Waals surface area contributed by atoms with Crippen molar-refractivity contribution in [1.82, 2.24) is 4.90 Å². The molecule has 1 saturated heterocycles. The van der Waals surface area contributed by atoms with Crippen LogP contribution >= 0.6 is 0 Å². The van der Waals surface area contributed by atoms with E-state index in [1.54, 1.807) is 4.90 Å². The summed E-state index contributed by atoms with van der Waals surface area (Å²) in [5.41, 5.74) is -0.473. The van der Waals surface area contributed by atoms with E-state index in [1.807, 2.05) is 20.8 Å². The van der Waals surface area contributed by atoms with Crippen molar-refractivity contribution >= 4 is 6.09 Å². The largest absolute Gasteiger partial charge is 0.444 e. The SMILES string of the molecule is CC(C)(C)OC(=O)N1CCCCCCC1CO. The molecule has 1 aliphatic rings. The summed E-state index contributed by atoms with van der Waals surface area (Å²) in [7, 11) is 0. The number of aliphatic hydroxyl groups excluding tert-OH is 1. The summed E-state index contributed by atoms with van der Waals surface area (Å²) in [5.74, 6) is 0. The van der Waals surface area contributed by atoms with Crippen LogP contribution in [0.25, 0.3) is 0 Å². The van der Waals surface area contributed by atoms with Gasteiger partial charge in [-0.3, -0.25) is 0 Å². The molecule has 0 aliphatic carbocycles. The highest BCUT2D eigenvalue weighted by Gasteiger charge is 2.28. The van der Waals surface area contributed by atoms with E-state index in [1.165, 1.54) is 6.42 Å². The van der Waals surface area contributed by atoms with E-state index in [9.17, 15) is 9.90 Å². The first-order valence-electron chi connectivity index (χ1n) is 6.54. The van der Waals surface area contributed by atoms with Gasteiger partial charge < -0.3 is 14.7 Å². The molecule has 100 valence electrons. The fourth-order valence-electron chi connectivity index (χ4n) is 2.10. The van der Waals surface area contributed by atoms with Crippen LogP contribution in [-0.4, -0.2) is 40.9 Å². The molecule has 4 heteroatoms. The molecule has 0 aromatic carbocycles. The van der Waals surface area contributed by atoms with Gasteiger partial charge >= 0.3 is 6.09 Å². The average molecular weight is 243 g/mol. The van der Waals surface area contributed by atoms with Crippen molar-refractivity contribution in [3.8, 4) is 0 Å². The van der Waals surface area contributed by atoms with E-state index < -0.39 is 5.60 Å². The zero-order valence-corrected chi connectivity index (χ0v) is 11.2. The van der Waals surface area contributed by atoms with E-state index in [4.69, 9.17) is 4.74 Å². The van der Waals surface area contributed by atoms with Crippen molar-refractivity contribution in [1.29, 1.82) is 0 Å². The van der Waals surface area contributed by atoms with Crippen LogP contribution in [0.4, 0.5) is 4.79 Å². The van der Waals surface area contributed by atoms with Gasteiger partial charge in [0, 0.05) is 6.54 Å². The predicted molar refractivity (Wildman–Crippen MR) is 66.9 cm³/mol. The Labute approximate surface area is 104 Å². The first-order valence-corrected chi connectivity index (χ1v) is 6.54. The standard InChI is InChI=1S/C13H25NO3/c1-13(2,3)17-12(16)14-9-7-5-4-6-8-11(14)10-15/h11,15H,4-10H2,1-3H3. The number of hydrogen-bond acceptors (Lipinski definition) is 3. The van der Waals surface area contributed by atoms with Gasteiger partial charge in [0.1, 0.15) is 5.60 Å². The van der Waals surface area contributed by atoms with Crippen molar-refractivity contribution in [3.05, 3.63) is 0 Å². The number of ether oxygens (including phenoxy) is 1. The molecule has 1 fully saturated rings. The van der Waals surface area contributed by atoms with Crippen molar-refractivity contribution in [2.75, 3.05) is 13.2 Å². The number of carbonyl (C=O) groups is 1. The third-order valence-electron chi connectivity index (χ3n) is 2.97. The molecule has 1 rings (SSSR count). The third kappa shape index (κ3) is 4.94. The molecule has 1 N–H and O–H groups in total. The normalized spacial score (nSPS) is 22.8. The van der Waals surface area contributed by atoms with Crippen LogP contribution in [0.2, 0.25) is 0 Å². The molecule has 0 aromatic rings. The number of likely N-dealkylation sites (tertiary alicyclic amines) is 1. The van der Waals surface area contributed by atoms with Crippen LogP contribution in [0, 0.1) is 0 Å². The summed E-state index contributed by atoms with van der Waals surface area (Å²) in [6, 6.07) is -0.0786. The van der Waals surface area contributed by atoms with Crippen molar-refractivity contribution < 1.29 is 14.6 Å². The van der Waals surface area contributed by atoms with Gasteiger partial charge in [-0.2, -0.15) is 0 Å². The fourth-order valence-corrected chi connectivity index (χ4v) is 2.10. The van der Waals surface area contributed by atoms with Crippen LogP contribution < -0.4 is 0 Å². The molecule has 0 aromatic heterocycles. The maximum atomic E-state index is 12.0. The van der Waals surface area contributed by atoms with E-state index in [0.717, 1.165) is 25.7 Å². The number of rotatable bonds is 1. The van der Waals surface area contributed by atoms with Crippen molar-refractivity contribution in [3.63, 3.8) is 0 Å². The number of amides is 1. The topological polar surface area (TPSA) is 49.8 Å². The highest BCUT2D eigenvalue weighted by atomic mass is 16.6. The van der Waals surface area contributed by atoms with Gasteiger partial charge in [-0.25, -0.2) is 4.79 Å². The minimum absolute atomic E-state index is 0.0270. The van der Waals surface area contributed by atoms with E-state index >= 15 is 0 Å². The van der Waals surface area contributed by atoms with Crippen molar-refractivity contribution in [2.24, 2.45) is 0 Å². The number of aliphatic hydroxyl groups is 1. The summed E-state index contributed by atoms with van der Waals surface area (Å²) < 4.78 is 5.38. The Hall–Kier alpha value is -0.770. The molecule has 0 bridgehead atoms. The number of hydrogen-bond donors (Lipinski definition) is 1. The summed E-state index contributed by atoms with van der Waals surface area (Å²) in [6.45, 7) is 6.31. The minimum Gasteiger partial charge on any atom is -0.444 e. The lowest BCUT2D eigenvalue weighted by Gasteiger charge is -2.34. The fraction of sp³-hybridized carbons (Fsp3) is 0.923. The second-order valence-corrected chi connectivity index (χ2v) is 5.71. The molecular weight excluding hydrogens is 218 g/mol. The number of carbonyl (C=O) groups excluding carboxylic acids is 1. The minimum atomic E-state index is -0.473. The zero-order valence-electron chi connectivity index (χ0n) is 11.2. The molecule has 17 heavy (non-hydrogen) atoms. The third-order valence-corrected chi connectivity index (χ3v) is 2.97. The molecule has 0 saturated carbocycles. The summed E-state index contributed by atoms with van der Waals surface area (Å²) in [5, 5.41) is 9.38.